The maximum atomic E-state index is 9.53. The minimum absolute atomic E-state index is 0.0519. The third kappa shape index (κ3) is 9.57. The number of aryl methyl sites for hydroxylation is 3. The van der Waals surface area contributed by atoms with Crippen molar-refractivity contribution in [3.63, 3.8) is 0 Å². The van der Waals surface area contributed by atoms with Crippen molar-refractivity contribution in [2.75, 3.05) is 9.80 Å². The predicted molar refractivity (Wildman–Crippen MR) is 370 cm³/mol. The second kappa shape index (κ2) is 21.4. The highest BCUT2D eigenvalue weighted by Gasteiger charge is 2.46. The van der Waals surface area contributed by atoms with Gasteiger partial charge in [0.05, 0.1) is 25.1 Å². The maximum absolute atomic E-state index is 9.53. The summed E-state index contributed by atoms with van der Waals surface area (Å²) in [5.41, 5.74) is 23.1. The van der Waals surface area contributed by atoms with Crippen molar-refractivity contribution in [3.8, 4) is 77.9 Å². The average molecular weight is 1120 g/mol. The molecule has 3 heteroatoms. The third-order valence-electron chi connectivity index (χ3n) is 17.3. The Bertz CT molecular complexity index is 4680. The van der Waals surface area contributed by atoms with Gasteiger partial charge in [0.25, 0.3) is 6.71 Å². The minimum atomic E-state index is -0.737. The molecule has 0 radical (unpaired) electrons. The topological polar surface area (TPSA) is 6.48 Å². The Morgan fingerprint density at radius 1 is 0.326 bits per heavy atom. The van der Waals surface area contributed by atoms with E-state index in [9.17, 15) is 5.48 Å². The second-order valence-corrected chi connectivity index (χ2v) is 25.2. The monoisotopic (exact) mass is 1120 g/mol. The number of fused-ring (bicyclic) bond motifs is 4. The van der Waals surface area contributed by atoms with E-state index < -0.39 is 43.0 Å². The molecule has 14 rings (SSSR count). The number of nitrogens with zero attached hydrogens (tertiary/aromatic N) is 2. The molecular weight excluding hydrogens is 1040 g/mol. The van der Waals surface area contributed by atoms with E-state index in [1.165, 1.54) is 0 Å². The Hall–Kier alpha value is -9.70. The molecule has 0 amide bonds. The lowest BCUT2D eigenvalue weighted by Gasteiger charge is -2.46. The second-order valence-electron chi connectivity index (χ2n) is 25.2. The van der Waals surface area contributed by atoms with E-state index in [4.69, 9.17) is 8.22 Å². The van der Waals surface area contributed by atoms with Gasteiger partial charge >= 0.3 is 0 Å². The molecule has 12 aromatic carbocycles. The number of rotatable bonds is 9. The molecule has 0 fully saturated rings. The first-order valence-corrected chi connectivity index (χ1v) is 29.7. The molecule has 0 spiro atoms. The highest BCUT2D eigenvalue weighted by Crippen LogP contribution is 2.55. The SMILES string of the molecule is [2H]c1c([2H])c([2H])c(-c2ccc3c(c2)B2c4cc(-c5c([2H])c([2H])c([2H])c([2H])c5[2H])ccc4N(c4c(-c5ccccc5)cc(C(C)(C)C)cc4-c4ccccc4)c4cc(-c5c(C)cc(C)cc5C)cc(c42)N3c2c(-c3ccccc3)cc(C(C)(C)C)cc2-c2ccccc2)c([2H])c1[2H]. The zero-order valence-electron chi connectivity index (χ0n) is 60.1. The maximum Gasteiger partial charge on any atom is 0.252 e. The quantitative estimate of drug-likeness (QED) is 0.133. The van der Waals surface area contributed by atoms with Crippen molar-refractivity contribution in [3.05, 3.63) is 294 Å². The van der Waals surface area contributed by atoms with Crippen LogP contribution in [0.15, 0.2) is 267 Å². The largest absolute Gasteiger partial charge is 0.310 e. The number of benzene rings is 12. The van der Waals surface area contributed by atoms with Crippen LogP contribution in [0.1, 0.15) is 83.1 Å². The summed E-state index contributed by atoms with van der Waals surface area (Å²) < 4.78 is 91.7. The predicted octanol–water partition coefficient (Wildman–Crippen LogP) is 21.0. The van der Waals surface area contributed by atoms with Crippen LogP contribution in [0.2, 0.25) is 0 Å². The van der Waals surface area contributed by atoms with E-state index in [0.717, 1.165) is 134 Å². The van der Waals surface area contributed by atoms with Crippen LogP contribution in [0.3, 0.4) is 0 Å². The van der Waals surface area contributed by atoms with Gasteiger partial charge in [-0.25, -0.2) is 0 Å². The fraction of sp³-hybridized carbons (Fsp3) is 0.133. The molecule has 0 bridgehead atoms. The Kier molecular flexibility index (Phi) is 10.9. The Balaban J connectivity index is 1.25. The fourth-order valence-corrected chi connectivity index (χ4v) is 13.3. The molecule has 0 aromatic heterocycles. The smallest absolute Gasteiger partial charge is 0.252 e. The van der Waals surface area contributed by atoms with Crippen LogP contribution in [0, 0.1) is 20.8 Å². The van der Waals surface area contributed by atoms with Crippen molar-refractivity contribution in [2.24, 2.45) is 0 Å². The summed E-state index contributed by atoms with van der Waals surface area (Å²) in [5.74, 6) is 0. The van der Waals surface area contributed by atoms with Gasteiger partial charge in [-0.05, 0) is 174 Å². The van der Waals surface area contributed by atoms with Crippen LogP contribution in [0.4, 0.5) is 34.1 Å². The summed E-state index contributed by atoms with van der Waals surface area (Å²) in [6.07, 6.45) is 0. The number of hydrogen-bond acceptors (Lipinski definition) is 2. The standard InChI is InChI=1S/C83H71BN2/c1-54-44-55(2)78(56(3)45-54)65-48-76-79-77(49-65)86(81-70(61-36-24-14-25-37-61)52-67(83(7,8)9)53-71(81)62-38-26-15-27-39-62)75-43-41-64(58-30-18-11-19-31-58)47-73(75)84(79)72-46-63(57-28-16-10-17-29-57)40-42-74(72)85(76)80-68(59-32-20-12-21-33-59)50-66(82(4,5)6)51-69(80)60-34-22-13-23-35-60/h10-53H,1-9H3/i10D,11D,16D,17D,18D,19D,28D,29D,30D,31D. The van der Waals surface area contributed by atoms with Gasteiger partial charge in [0.15, 0.2) is 0 Å². The van der Waals surface area contributed by atoms with Crippen LogP contribution < -0.4 is 26.2 Å². The van der Waals surface area contributed by atoms with Gasteiger partial charge in [0, 0.05) is 45.0 Å². The zero-order chi connectivity index (χ0) is 67.7. The lowest BCUT2D eigenvalue weighted by Crippen LogP contribution is -2.61. The van der Waals surface area contributed by atoms with E-state index in [1.807, 2.05) is 60.7 Å². The summed E-state index contributed by atoms with van der Waals surface area (Å²) in [5, 5.41) is 0. The summed E-state index contributed by atoms with van der Waals surface area (Å²) in [7, 11) is 0. The molecular formula is C83H71BN2. The molecule has 0 unspecified atom stereocenters. The van der Waals surface area contributed by atoms with Gasteiger partial charge in [-0.2, -0.15) is 0 Å². The summed E-state index contributed by atoms with van der Waals surface area (Å²) in [4.78, 5) is 4.83. The van der Waals surface area contributed by atoms with Gasteiger partial charge in [-0.15, -0.1) is 0 Å². The van der Waals surface area contributed by atoms with E-state index in [0.29, 0.717) is 11.1 Å². The van der Waals surface area contributed by atoms with Gasteiger partial charge in [0.2, 0.25) is 0 Å². The van der Waals surface area contributed by atoms with Crippen LogP contribution in [0.5, 0.6) is 0 Å². The van der Waals surface area contributed by atoms with E-state index in [-0.39, 0.29) is 46.1 Å². The first-order chi connectivity index (χ1) is 45.8. The molecule has 2 nitrogen and oxygen atoms in total. The molecule has 2 aliphatic heterocycles. The molecule has 416 valence electrons. The highest BCUT2D eigenvalue weighted by atomic mass is 15.2. The van der Waals surface area contributed by atoms with Crippen LogP contribution in [-0.2, 0) is 10.8 Å². The third-order valence-corrected chi connectivity index (χ3v) is 17.3. The summed E-state index contributed by atoms with van der Waals surface area (Å²) in [6.45, 7) is 19.2. The van der Waals surface area contributed by atoms with Gasteiger partial charge < -0.3 is 9.80 Å². The summed E-state index contributed by atoms with van der Waals surface area (Å²) in [6, 6.07) is 68.3. The van der Waals surface area contributed by atoms with Crippen LogP contribution in [0.25, 0.3) is 77.9 Å². The van der Waals surface area contributed by atoms with Crippen molar-refractivity contribution in [1.29, 1.82) is 0 Å². The van der Waals surface area contributed by atoms with Crippen molar-refractivity contribution >= 4 is 57.2 Å². The molecule has 2 aliphatic rings. The molecule has 2 heterocycles. The first kappa shape index (κ1) is 43.9. The zero-order valence-corrected chi connectivity index (χ0v) is 50.1. The van der Waals surface area contributed by atoms with Gasteiger partial charge in [0.1, 0.15) is 0 Å². The first-order valence-electron chi connectivity index (χ1n) is 34.7. The highest BCUT2D eigenvalue weighted by molar-refractivity contribution is 7.00. The Morgan fingerprint density at radius 2 is 0.663 bits per heavy atom. The molecule has 0 N–H and O–H groups in total. The fourth-order valence-electron chi connectivity index (χ4n) is 13.3. The van der Waals surface area contributed by atoms with E-state index in [2.05, 4.69) is 218 Å². The normalized spacial score (nSPS) is 14.3. The lowest BCUT2D eigenvalue weighted by molar-refractivity contribution is 0.590. The van der Waals surface area contributed by atoms with Crippen LogP contribution >= 0.6 is 0 Å². The van der Waals surface area contributed by atoms with Crippen molar-refractivity contribution in [1.82, 2.24) is 0 Å². The lowest BCUT2D eigenvalue weighted by atomic mass is 9.33. The van der Waals surface area contributed by atoms with E-state index in [1.54, 1.807) is 0 Å². The molecule has 0 atom stereocenters. The number of hydrogen-bond donors (Lipinski definition) is 0. The molecule has 86 heavy (non-hydrogen) atoms. The molecule has 0 aliphatic carbocycles. The van der Waals surface area contributed by atoms with Crippen molar-refractivity contribution in [2.45, 2.75) is 73.1 Å². The molecule has 12 aromatic rings. The van der Waals surface area contributed by atoms with Crippen molar-refractivity contribution < 1.29 is 13.7 Å². The molecule has 0 saturated carbocycles. The van der Waals surface area contributed by atoms with Crippen LogP contribution in [-0.4, -0.2) is 6.71 Å². The van der Waals surface area contributed by atoms with Gasteiger partial charge in [-0.3, -0.25) is 0 Å². The Labute approximate surface area is 523 Å². The summed E-state index contributed by atoms with van der Waals surface area (Å²) >= 11 is 0. The van der Waals surface area contributed by atoms with Gasteiger partial charge in [-0.1, -0.05) is 265 Å². The van der Waals surface area contributed by atoms with E-state index >= 15 is 0 Å². The minimum Gasteiger partial charge on any atom is -0.310 e. The number of anilines is 6. The average Bonchev–Trinajstić information content (AvgIpc) is 0.686. The molecule has 0 saturated heterocycles. The Morgan fingerprint density at radius 3 is 0.988 bits per heavy atom.